The predicted molar refractivity (Wildman–Crippen MR) is 58.0 cm³/mol. The van der Waals surface area contributed by atoms with Crippen LogP contribution in [0.3, 0.4) is 0 Å². The largest absolute Gasteiger partial charge is 0.472 e. The number of nitrogens with zero attached hydrogens (tertiary/aromatic N) is 1. The summed E-state index contributed by atoms with van der Waals surface area (Å²) < 4.78 is 5.97. The summed E-state index contributed by atoms with van der Waals surface area (Å²) in [7, 11) is 0. The van der Waals surface area contributed by atoms with Crippen LogP contribution in [-0.2, 0) is 6.54 Å². The monoisotopic (exact) mass is 252 g/mol. The van der Waals surface area contributed by atoms with E-state index in [2.05, 4.69) is 26.2 Å². The predicted octanol–water partition coefficient (Wildman–Crippen LogP) is 3.05. The van der Waals surface area contributed by atoms with Crippen LogP contribution < -0.4 is 5.32 Å². The lowest BCUT2D eigenvalue weighted by molar-refractivity contribution is 0.564. The van der Waals surface area contributed by atoms with Crippen LogP contribution in [0.15, 0.2) is 45.8 Å². The summed E-state index contributed by atoms with van der Waals surface area (Å²) in [5, 5.41) is 3.19. The van der Waals surface area contributed by atoms with Gasteiger partial charge in [0.2, 0.25) is 0 Å². The molecule has 0 saturated heterocycles. The van der Waals surface area contributed by atoms with Crippen LogP contribution in [0.5, 0.6) is 0 Å². The van der Waals surface area contributed by atoms with Crippen molar-refractivity contribution < 1.29 is 4.42 Å². The third kappa shape index (κ3) is 2.35. The van der Waals surface area contributed by atoms with Crippen LogP contribution in [0, 0.1) is 0 Å². The third-order valence-electron chi connectivity index (χ3n) is 1.78. The van der Waals surface area contributed by atoms with Gasteiger partial charge in [-0.15, -0.1) is 0 Å². The maximum atomic E-state index is 4.96. The van der Waals surface area contributed by atoms with Gasteiger partial charge >= 0.3 is 0 Å². The Kier molecular flexibility index (Phi) is 2.84. The van der Waals surface area contributed by atoms with Crippen LogP contribution in [0.25, 0.3) is 0 Å². The average molecular weight is 253 g/mol. The highest BCUT2D eigenvalue weighted by Gasteiger charge is 1.96. The molecule has 0 spiro atoms. The standard InChI is InChI=1S/C10H9BrN2O/c11-9-1-3-12-10(5-9)13-6-8-2-4-14-7-8/h1-5,7H,6H2,(H,12,13). The van der Waals surface area contributed by atoms with Crippen molar-refractivity contribution >= 4 is 21.7 Å². The molecule has 2 aromatic heterocycles. The molecule has 14 heavy (non-hydrogen) atoms. The third-order valence-corrected chi connectivity index (χ3v) is 2.27. The van der Waals surface area contributed by atoms with Gasteiger partial charge in [-0.3, -0.25) is 0 Å². The van der Waals surface area contributed by atoms with Crippen molar-refractivity contribution in [3.63, 3.8) is 0 Å². The first-order valence-electron chi connectivity index (χ1n) is 4.21. The Morgan fingerprint density at radius 2 is 2.36 bits per heavy atom. The quantitative estimate of drug-likeness (QED) is 0.913. The van der Waals surface area contributed by atoms with Crippen molar-refractivity contribution in [2.75, 3.05) is 5.32 Å². The summed E-state index contributed by atoms with van der Waals surface area (Å²) in [6.07, 6.45) is 5.12. The molecule has 0 radical (unpaired) electrons. The molecule has 2 aromatic rings. The molecule has 0 unspecified atom stereocenters. The molecule has 0 aliphatic rings. The first-order valence-corrected chi connectivity index (χ1v) is 5.00. The van der Waals surface area contributed by atoms with Gasteiger partial charge in [-0.05, 0) is 18.2 Å². The zero-order valence-corrected chi connectivity index (χ0v) is 8.99. The number of furan rings is 1. The molecule has 2 rings (SSSR count). The number of hydrogen-bond acceptors (Lipinski definition) is 3. The normalized spacial score (nSPS) is 10.1. The first kappa shape index (κ1) is 9.27. The maximum Gasteiger partial charge on any atom is 0.127 e. The van der Waals surface area contributed by atoms with Crippen molar-refractivity contribution in [1.29, 1.82) is 0 Å². The summed E-state index contributed by atoms with van der Waals surface area (Å²) in [6.45, 7) is 0.722. The maximum absolute atomic E-state index is 4.96. The van der Waals surface area contributed by atoms with Gasteiger partial charge in [0.1, 0.15) is 5.82 Å². The highest BCUT2D eigenvalue weighted by Crippen LogP contribution is 2.13. The highest BCUT2D eigenvalue weighted by molar-refractivity contribution is 9.10. The lowest BCUT2D eigenvalue weighted by Gasteiger charge is -2.02. The Bertz CT molecular complexity index is 400. The zero-order valence-electron chi connectivity index (χ0n) is 7.40. The SMILES string of the molecule is Brc1ccnc(NCc2ccoc2)c1. The van der Waals surface area contributed by atoms with E-state index < -0.39 is 0 Å². The van der Waals surface area contributed by atoms with E-state index in [-0.39, 0.29) is 0 Å². The zero-order chi connectivity index (χ0) is 9.80. The average Bonchev–Trinajstić information content (AvgIpc) is 2.67. The smallest absolute Gasteiger partial charge is 0.127 e. The molecule has 0 aromatic carbocycles. The summed E-state index contributed by atoms with van der Waals surface area (Å²) in [6, 6.07) is 5.74. The molecule has 0 saturated carbocycles. The number of pyridine rings is 1. The molecule has 0 bridgehead atoms. The van der Waals surface area contributed by atoms with Gasteiger partial charge < -0.3 is 9.73 Å². The molecular formula is C10H9BrN2O. The molecule has 0 aliphatic carbocycles. The van der Waals surface area contributed by atoms with E-state index in [1.165, 1.54) is 0 Å². The van der Waals surface area contributed by atoms with E-state index in [0.29, 0.717) is 0 Å². The lowest BCUT2D eigenvalue weighted by atomic mass is 10.3. The number of halogens is 1. The summed E-state index contributed by atoms with van der Waals surface area (Å²) in [5.41, 5.74) is 1.10. The van der Waals surface area contributed by atoms with Gasteiger partial charge in [0, 0.05) is 22.8 Å². The number of nitrogens with one attached hydrogen (secondary N) is 1. The molecular weight excluding hydrogens is 244 g/mol. The van der Waals surface area contributed by atoms with Crippen LogP contribution >= 0.6 is 15.9 Å². The van der Waals surface area contributed by atoms with Gasteiger partial charge in [-0.1, -0.05) is 15.9 Å². The van der Waals surface area contributed by atoms with E-state index in [1.54, 1.807) is 18.7 Å². The number of hydrogen-bond donors (Lipinski definition) is 1. The number of rotatable bonds is 3. The van der Waals surface area contributed by atoms with Crippen molar-refractivity contribution in [3.05, 3.63) is 47.0 Å². The molecule has 4 heteroatoms. The summed E-state index contributed by atoms with van der Waals surface area (Å²) >= 11 is 3.38. The van der Waals surface area contributed by atoms with E-state index in [0.717, 1.165) is 22.4 Å². The van der Waals surface area contributed by atoms with E-state index in [4.69, 9.17) is 4.42 Å². The fraction of sp³-hybridized carbons (Fsp3) is 0.100. The molecule has 2 heterocycles. The van der Waals surface area contributed by atoms with Crippen molar-refractivity contribution in [3.8, 4) is 0 Å². The van der Waals surface area contributed by atoms with Crippen LogP contribution in [0.4, 0.5) is 5.82 Å². The minimum absolute atomic E-state index is 0.722. The van der Waals surface area contributed by atoms with Crippen LogP contribution in [0.2, 0.25) is 0 Å². The summed E-state index contributed by atoms with van der Waals surface area (Å²) in [4.78, 5) is 4.17. The number of aromatic nitrogens is 1. The van der Waals surface area contributed by atoms with E-state index in [9.17, 15) is 0 Å². The molecule has 3 nitrogen and oxygen atoms in total. The molecule has 72 valence electrons. The molecule has 0 aliphatic heterocycles. The Morgan fingerprint density at radius 3 is 3.07 bits per heavy atom. The second-order valence-corrected chi connectivity index (χ2v) is 3.76. The van der Waals surface area contributed by atoms with Gasteiger partial charge in [-0.2, -0.15) is 0 Å². The minimum atomic E-state index is 0.722. The van der Waals surface area contributed by atoms with Gasteiger partial charge in [0.05, 0.1) is 12.5 Å². The van der Waals surface area contributed by atoms with Crippen molar-refractivity contribution in [1.82, 2.24) is 4.98 Å². The minimum Gasteiger partial charge on any atom is -0.472 e. The Morgan fingerprint density at radius 1 is 1.43 bits per heavy atom. The molecule has 0 fully saturated rings. The summed E-state index contributed by atoms with van der Waals surface area (Å²) in [5.74, 6) is 0.848. The fourth-order valence-corrected chi connectivity index (χ4v) is 1.42. The molecule has 0 atom stereocenters. The van der Waals surface area contributed by atoms with Crippen LogP contribution in [-0.4, -0.2) is 4.98 Å². The number of anilines is 1. The van der Waals surface area contributed by atoms with Crippen molar-refractivity contribution in [2.45, 2.75) is 6.54 Å². The van der Waals surface area contributed by atoms with Crippen LogP contribution in [0.1, 0.15) is 5.56 Å². The van der Waals surface area contributed by atoms with Crippen molar-refractivity contribution in [2.24, 2.45) is 0 Å². The molecule has 1 N–H and O–H groups in total. The van der Waals surface area contributed by atoms with E-state index in [1.807, 2.05) is 18.2 Å². The fourth-order valence-electron chi connectivity index (χ4n) is 1.09. The van der Waals surface area contributed by atoms with Gasteiger partial charge in [-0.25, -0.2) is 4.98 Å². The van der Waals surface area contributed by atoms with Gasteiger partial charge in [0.25, 0.3) is 0 Å². The van der Waals surface area contributed by atoms with E-state index >= 15 is 0 Å². The Labute approximate surface area is 90.3 Å². The Hall–Kier alpha value is -1.29. The topological polar surface area (TPSA) is 38.1 Å². The Balaban J connectivity index is 1.98. The lowest BCUT2D eigenvalue weighted by Crippen LogP contribution is -1.99. The first-order chi connectivity index (χ1) is 6.84. The van der Waals surface area contributed by atoms with Gasteiger partial charge in [0.15, 0.2) is 0 Å². The highest BCUT2D eigenvalue weighted by atomic mass is 79.9. The second-order valence-electron chi connectivity index (χ2n) is 2.84. The molecule has 0 amide bonds. The second kappa shape index (κ2) is 4.28.